The summed E-state index contributed by atoms with van der Waals surface area (Å²) in [6.07, 6.45) is -0.0436. The van der Waals surface area contributed by atoms with E-state index in [0.717, 1.165) is 20.3 Å². The van der Waals surface area contributed by atoms with Crippen molar-refractivity contribution in [3.8, 4) is 0 Å². The van der Waals surface area contributed by atoms with Gasteiger partial charge in [-0.25, -0.2) is 13.2 Å². The average molecular weight is 435 g/mol. The molecule has 2 aromatic carbocycles. The maximum atomic E-state index is 13.3. The van der Waals surface area contributed by atoms with Crippen molar-refractivity contribution in [3.63, 3.8) is 0 Å². The molecule has 152 valence electrons. The van der Waals surface area contributed by atoms with Gasteiger partial charge in [-0.2, -0.15) is 0 Å². The molecule has 1 heterocycles. The summed E-state index contributed by atoms with van der Waals surface area (Å²) >= 11 is 1.15. The molecule has 0 bridgehead atoms. The number of carboxylic acids is 1. The van der Waals surface area contributed by atoms with Gasteiger partial charge in [0.25, 0.3) is 10.0 Å². The van der Waals surface area contributed by atoms with E-state index in [0.29, 0.717) is 5.39 Å². The van der Waals surface area contributed by atoms with E-state index in [1.54, 1.807) is 24.3 Å². The molecule has 3 aromatic rings. The van der Waals surface area contributed by atoms with Gasteiger partial charge in [0.2, 0.25) is 0 Å². The molecule has 0 saturated heterocycles. The number of sulfonamides is 1. The Morgan fingerprint density at radius 1 is 1.10 bits per heavy atom. The van der Waals surface area contributed by atoms with Crippen molar-refractivity contribution in [2.75, 3.05) is 17.5 Å². The van der Waals surface area contributed by atoms with Crippen molar-refractivity contribution in [2.45, 2.75) is 18.2 Å². The van der Waals surface area contributed by atoms with E-state index in [4.69, 9.17) is 5.11 Å². The Hall–Kier alpha value is -2.78. The molecule has 0 unspecified atom stereocenters. The largest absolute Gasteiger partial charge is 0.478 e. The third-order valence-electron chi connectivity index (χ3n) is 4.34. The van der Waals surface area contributed by atoms with Crippen molar-refractivity contribution < 1.29 is 27.5 Å². The molecule has 29 heavy (non-hydrogen) atoms. The Labute approximate surface area is 171 Å². The summed E-state index contributed by atoms with van der Waals surface area (Å²) < 4.78 is 41.4. The maximum Gasteiger partial charge on any atom is 0.335 e. The molecule has 1 aromatic heterocycles. The molecule has 3 rings (SSSR count). The molecular formula is C20H18FNO5S2. The van der Waals surface area contributed by atoms with Crippen LogP contribution in [0.2, 0.25) is 0 Å². The second-order valence-corrected chi connectivity index (χ2v) is 9.18. The van der Waals surface area contributed by atoms with Crippen LogP contribution in [-0.4, -0.2) is 38.5 Å². The summed E-state index contributed by atoms with van der Waals surface area (Å²) in [4.78, 5) is 23.3. The molecular weight excluding hydrogens is 417 g/mol. The summed E-state index contributed by atoms with van der Waals surface area (Å²) in [7, 11) is -4.14. The van der Waals surface area contributed by atoms with E-state index in [9.17, 15) is 22.4 Å². The van der Waals surface area contributed by atoms with Gasteiger partial charge in [0.05, 0.1) is 22.7 Å². The molecule has 1 N–H and O–H groups in total. The average Bonchev–Trinajstić information content (AvgIpc) is 3.07. The van der Waals surface area contributed by atoms with E-state index < -0.39 is 22.7 Å². The Morgan fingerprint density at radius 3 is 2.34 bits per heavy atom. The molecule has 0 aliphatic heterocycles. The van der Waals surface area contributed by atoms with Crippen LogP contribution < -0.4 is 4.31 Å². The predicted octanol–water partition coefficient (Wildman–Crippen LogP) is 4.36. The number of hydrogen-bond acceptors (Lipinski definition) is 5. The van der Waals surface area contributed by atoms with Gasteiger partial charge >= 0.3 is 5.97 Å². The molecule has 0 atom stereocenters. The molecule has 0 saturated carbocycles. The number of carboxylic acid groups (broad SMARTS) is 1. The van der Waals surface area contributed by atoms with Gasteiger partial charge in [-0.05, 0) is 43.7 Å². The van der Waals surface area contributed by atoms with Crippen LogP contribution in [0.4, 0.5) is 9.39 Å². The third kappa shape index (κ3) is 4.01. The number of Topliss-reactive ketones (excluding diaryl/α,β-unsaturated/α-hetero) is 1. The van der Waals surface area contributed by atoms with Crippen LogP contribution in [0.3, 0.4) is 0 Å². The molecule has 6 nitrogen and oxygen atoms in total. The van der Waals surface area contributed by atoms with Gasteiger partial charge in [0, 0.05) is 16.6 Å². The topological polar surface area (TPSA) is 91.8 Å². The highest BCUT2D eigenvalue weighted by Crippen LogP contribution is 2.40. The van der Waals surface area contributed by atoms with Gasteiger partial charge < -0.3 is 5.11 Å². The fraction of sp³-hybridized carbons (Fsp3) is 0.200. The van der Waals surface area contributed by atoms with E-state index in [1.807, 2.05) is 0 Å². The lowest BCUT2D eigenvalue weighted by Gasteiger charge is -2.23. The second kappa shape index (κ2) is 8.30. The second-order valence-electron chi connectivity index (χ2n) is 6.28. The minimum Gasteiger partial charge on any atom is -0.478 e. The number of anilines is 1. The smallest absolute Gasteiger partial charge is 0.335 e. The molecule has 0 aliphatic rings. The number of nitrogens with zero attached hydrogens (tertiary/aromatic N) is 1. The number of carbonyl (C=O) groups excluding carboxylic acids is 1. The number of ketones is 1. The molecule has 0 spiro atoms. The Balaban J connectivity index is 2.18. The molecule has 9 heteroatoms. The number of halogens is 1. The van der Waals surface area contributed by atoms with Crippen molar-refractivity contribution in [3.05, 3.63) is 59.7 Å². The summed E-state index contributed by atoms with van der Waals surface area (Å²) in [6, 6.07) is 11.9. The SMILES string of the molecule is CC(=O)c1c(N(CCCF)S(=O)(=O)c2ccc(C(=O)O)cc2)sc2ccccc12. The number of hydrogen-bond donors (Lipinski definition) is 1. The summed E-state index contributed by atoms with van der Waals surface area (Å²) in [5, 5.41) is 9.89. The number of fused-ring (bicyclic) bond motifs is 1. The van der Waals surface area contributed by atoms with Gasteiger partial charge in [-0.15, -0.1) is 11.3 Å². The zero-order valence-corrected chi connectivity index (χ0v) is 17.1. The summed E-state index contributed by atoms with van der Waals surface area (Å²) in [5.41, 5.74) is 0.223. The third-order valence-corrected chi connectivity index (χ3v) is 7.46. The fourth-order valence-electron chi connectivity index (χ4n) is 2.98. The Kier molecular flexibility index (Phi) is 5.99. The van der Waals surface area contributed by atoms with Crippen molar-refractivity contribution in [1.29, 1.82) is 0 Å². The van der Waals surface area contributed by atoms with E-state index in [1.165, 1.54) is 31.2 Å². The minimum absolute atomic E-state index is 0.0436. The van der Waals surface area contributed by atoms with Crippen LogP contribution in [-0.2, 0) is 10.0 Å². The lowest BCUT2D eigenvalue weighted by Crippen LogP contribution is -2.32. The lowest BCUT2D eigenvalue weighted by atomic mass is 10.1. The Morgan fingerprint density at radius 2 is 1.76 bits per heavy atom. The first-order valence-corrected chi connectivity index (χ1v) is 11.0. The standard InChI is InChI=1S/C20H18FNO5S2/c1-13(23)18-16-5-2-3-6-17(16)28-19(18)22(12-4-11-21)29(26,27)15-9-7-14(8-10-15)20(24)25/h2-3,5-10H,4,11-12H2,1H3,(H,24,25). The van der Waals surface area contributed by atoms with Crippen molar-refractivity contribution >= 4 is 48.2 Å². The Bertz CT molecular complexity index is 1170. The maximum absolute atomic E-state index is 13.3. The number of alkyl halides is 1. The van der Waals surface area contributed by atoms with Crippen LogP contribution in [0, 0.1) is 0 Å². The van der Waals surface area contributed by atoms with Crippen LogP contribution in [0.25, 0.3) is 10.1 Å². The lowest BCUT2D eigenvalue weighted by molar-refractivity contribution is 0.0696. The molecule has 0 fully saturated rings. The van der Waals surface area contributed by atoms with E-state index in [-0.39, 0.29) is 39.8 Å². The number of rotatable bonds is 8. The first kappa shape index (κ1) is 20.9. The molecule has 0 amide bonds. The summed E-state index contributed by atoms with van der Waals surface area (Å²) in [6.45, 7) is 0.497. The number of benzene rings is 2. The van der Waals surface area contributed by atoms with Crippen molar-refractivity contribution in [1.82, 2.24) is 0 Å². The normalized spacial score (nSPS) is 11.5. The number of aromatic carboxylic acids is 1. The minimum atomic E-state index is -4.14. The van der Waals surface area contributed by atoms with Crippen molar-refractivity contribution in [2.24, 2.45) is 0 Å². The van der Waals surface area contributed by atoms with Gasteiger partial charge in [0.1, 0.15) is 5.00 Å². The highest BCUT2D eigenvalue weighted by atomic mass is 32.2. The number of thiophene rings is 1. The zero-order valence-electron chi connectivity index (χ0n) is 15.5. The van der Waals surface area contributed by atoms with Crippen LogP contribution in [0.1, 0.15) is 34.1 Å². The first-order valence-electron chi connectivity index (χ1n) is 8.72. The quantitative estimate of drug-likeness (QED) is 0.531. The monoisotopic (exact) mass is 435 g/mol. The number of carbonyl (C=O) groups is 2. The summed E-state index contributed by atoms with van der Waals surface area (Å²) in [5.74, 6) is -1.47. The molecule has 0 aliphatic carbocycles. The van der Waals surface area contributed by atoms with Gasteiger partial charge in [-0.3, -0.25) is 13.5 Å². The van der Waals surface area contributed by atoms with Gasteiger partial charge in [0.15, 0.2) is 5.78 Å². The van der Waals surface area contributed by atoms with Crippen LogP contribution >= 0.6 is 11.3 Å². The van der Waals surface area contributed by atoms with E-state index in [2.05, 4.69) is 0 Å². The predicted molar refractivity (Wildman–Crippen MR) is 110 cm³/mol. The molecule has 0 radical (unpaired) electrons. The zero-order chi connectivity index (χ0) is 21.2. The van der Waals surface area contributed by atoms with Crippen LogP contribution in [0.5, 0.6) is 0 Å². The van der Waals surface area contributed by atoms with E-state index >= 15 is 0 Å². The highest BCUT2D eigenvalue weighted by Gasteiger charge is 2.30. The van der Waals surface area contributed by atoms with Gasteiger partial charge in [-0.1, -0.05) is 18.2 Å². The first-order chi connectivity index (χ1) is 13.8. The fourth-order valence-corrected chi connectivity index (χ4v) is 5.98. The van der Waals surface area contributed by atoms with Crippen LogP contribution in [0.15, 0.2) is 53.4 Å². The highest BCUT2D eigenvalue weighted by molar-refractivity contribution is 7.93.